The second-order valence-electron chi connectivity index (χ2n) is 7.11. The van der Waals surface area contributed by atoms with Gasteiger partial charge < -0.3 is 19.9 Å². The van der Waals surface area contributed by atoms with E-state index in [0.29, 0.717) is 25.2 Å². The SMILES string of the molecule is CCc1nc2cc(CN=C(N)N3CCOC(C)C3)ccc2n1C1CC1.I. The molecule has 1 saturated carbocycles. The van der Waals surface area contributed by atoms with Crippen LogP contribution in [0, 0.1) is 0 Å². The van der Waals surface area contributed by atoms with E-state index in [1.165, 1.54) is 24.2 Å². The smallest absolute Gasteiger partial charge is 0.191 e. The summed E-state index contributed by atoms with van der Waals surface area (Å²) in [4.78, 5) is 11.5. The lowest BCUT2D eigenvalue weighted by atomic mass is 10.2. The Balaban J connectivity index is 0.00000196. The second-order valence-corrected chi connectivity index (χ2v) is 7.11. The van der Waals surface area contributed by atoms with Crippen LogP contribution in [0.1, 0.15) is 44.1 Å². The van der Waals surface area contributed by atoms with Gasteiger partial charge in [-0.15, -0.1) is 24.0 Å². The Kier molecular flexibility index (Phi) is 6.06. The average Bonchev–Trinajstić information content (AvgIpc) is 3.39. The molecule has 1 aromatic carbocycles. The monoisotopic (exact) mass is 469 g/mol. The first-order valence-electron chi connectivity index (χ1n) is 9.32. The van der Waals surface area contributed by atoms with Crippen molar-refractivity contribution in [2.24, 2.45) is 10.7 Å². The lowest BCUT2D eigenvalue weighted by molar-refractivity contribution is 0.00529. The molecule has 2 heterocycles. The van der Waals surface area contributed by atoms with Crippen LogP contribution in [0.4, 0.5) is 0 Å². The number of aliphatic imine (C=N–C) groups is 1. The normalized spacial score (nSPS) is 21.1. The van der Waals surface area contributed by atoms with Gasteiger partial charge in [-0.25, -0.2) is 9.98 Å². The molecule has 2 fully saturated rings. The fourth-order valence-electron chi connectivity index (χ4n) is 3.58. The molecule has 7 heteroatoms. The predicted octanol–water partition coefficient (Wildman–Crippen LogP) is 3.09. The maximum atomic E-state index is 6.17. The number of aromatic nitrogens is 2. The van der Waals surface area contributed by atoms with Crippen LogP contribution < -0.4 is 5.73 Å². The topological polar surface area (TPSA) is 68.7 Å². The summed E-state index contributed by atoms with van der Waals surface area (Å²) in [5.74, 6) is 1.80. The molecule has 0 spiro atoms. The highest BCUT2D eigenvalue weighted by atomic mass is 127. The zero-order valence-corrected chi connectivity index (χ0v) is 17.8. The summed E-state index contributed by atoms with van der Waals surface area (Å²) in [5.41, 5.74) is 9.65. The van der Waals surface area contributed by atoms with Crippen LogP contribution in [-0.2, 0) is 17.7 Å². The molecule has 6 nitrogen and oxygen atoms in total. The third kappa shape index (κ3) is 3.98. The molecule has 142 valence electrons. The molecule has 1 aromatic heterocycles. The van der Waals surface area contributed by atoms with Crippen molar-refractivity contribution in [2.45, 2.75) is 51.8 Å². The van der Waals surface area contributed by atoms with Crippen molar-refractivity contribution in [2.75, 3.05) is 19.7 Å². The number of nitrogens with two attached hydrogens (primary N) is 1. The molecule has 2 aliphatic rings. The van der Waals surface area contributed by atoms with Crippen LogP contribution in [0.15, 0.2) is 23.2 Å². The molecule has 0 amide bonds. The van der Waals surface area contributed by atoms with E-state index in [4.69, 9.17) is 15.5 Å². The largest absolute Gasteiger partial charge is 0.375 e. The number of imidazole rings is 1. The quantitative estimate of drug-likeness (QED) is 0.425. The first-order chi connectivity index (χ1) is 12.2. The van der Waals surface area contributed by atoms with Crippen LogP contribution in [0.3, 0.4) is 0 Å². The minimum atomic E-state index is 0. The number of fused-ring (bicyclic) bond motifs is 1. The highest BCUT2D eigenvalue weighted by Crippen LogP contribution is 2.38. The molecule has 2 aromatic rings. The predicted molar refractivity (Wildman–Crippen MR) is 115 cm³/mol. The first kappa shape index (κ1) is 19.4. The van der Waals surface area contributed by atoms with Crippen LogP contribution in [0.5, 0.6) is 0 Å². The third-order valence-electron chi connectivity index (χ3n) is 5.04. The second kappa shape index (κ2) is 8.12. The van der Waals surface area contributed by atoms with Crippen LogP contribution >= 0.6 is 24.0 Å². The number of hydrogen-bond donors (Lipinski definition) is 1. The van der Waals surface area contributed by atoms with Gasteiger partial charge in [0.2, 0.25) is 0 Å². The summed E-state index contributed by atoms with van der Waals surface area (Å²) in [7, 11) is 0. The molecule has 1 aliphatic carbocycles. The zero-order chi connectivity index (χ0) is 17.4. The molecular weight excluding hydrogens is 441 g/mol. The molecule has 4 rings (SSSR count). The van der Waals surface area contributed by atoms with Crippen LogP contribution in [0.2, 0.25) is 0 Å². The molecule has 1 unspecified atom stereocenters. The molecule has 2 N–H and O–H groups in total. The molecule has 0 radical (unpaired) electrons. The van der Waals surface area contributed by atoms with Gasteiger partial charge in [0.1, 0.15) is 5.82 Å². The lowest BCUT2D eigenvalue weighted by Crippen LogP contribution is -2.47. The number of hydrogen-bond acceptors (Lipinski definition) is 3. The van der Waals surface area contributed by atoms with Gasteiger partial charge in [-0.2, -0.15) is 0 Å². The minimum Gasteiger partial charge on any atom is -0.375 e. The Labute approximate surface area is 171 Å². The molecule has 1 saturated heterocycles. The number of nitrogens with zero attached hydrogens (tertiary/aromatic N) is 4. The summed E-state index contributed by atoms with van der Waals surface area (Å²) >= 11 is 0. The number of morpholine rings is 1. The summed E-state index contributed by atoms with van der Waals surface area (Å²) < 4.78 is 7.98. The van der Waals surface area contributed by atoms with E-state index in [2.05, 4.69) is 46.5 Å². The van der Waals surface area contributed by atoms with E-state index < -0.39 is 0 Å². The van der Waals surface area contributed by atoms with E-state index >= 15 is 0 Å². The number of aryl methyl sites for hydroxylation is 1. The van der Waals surface area contributed by atoms with Gasteiger partial charge in [-0.3, -0.25) is 0 Å². The van der Waals surface area contributed by atoms with Crippen molar-refractivity contribution in [1.82, 2.24) is 14.5 Å². The van der Waals surface area contributed by atoms with E-state index in [0.717, 1.165) is 30.6 Å². The summed E-state index contributed by atoms with van der Waals surface area (Å²) in [6.07, 6.45) is 3.73. The van der Waals surface area contributed by atoms with Gasteiger partial charge in [0.25, 0.3) is 0 Å². The Morgan fingerprint density at radius 2 is 2.19 bits per heavy atom. The minimum absolute atomic E-state index is 0. The van der Waals surface area contributed by atoms with Crippen LogP contribution in [0.25, 0.3) is 11.0 Å². The van der Waals surface area contributed by atoms with Crippen molar-refractivity contribution >= 4 is 41.0 Å². The molecule has 1 atom stereocenters. The number of benzene rings is 1. The van der Waals surface area contributed by atoms with Gasteiger partial charge in [0.05, 0.1) is 30.3 Å². The standard InChI is InChI=1S/C19H27N5O.HI/c1-3-18-22-16-10-14(4-7-17(16)24(18)15-5-6-15)11-21-19(20)23-8-9-25-13(2)12-23;/h4,7,10,13,15H,3,5-6,8-9,11-12H2,1-2H3,(H2,20,21);1H. The van der Waals surface area contributed by atoms with Crippen LogP contribution in [-0.4, -0.2) is 46.2 Å². The lowest BCUT2D eigenvalue weighted by Gasteiger charge is -2.31. The van der Waals surface area contributed by atoms with Crippen molar-refractivity contribution in [3.05, 3.63) is 29.6 Å². The fourth-order valence-corrected chi connectivity index (χ4v) is 3.58. The Bertz CT molecular complexity index is 799. The van der Waals surface area contributed by atoms with Gasteiger partial charge in [0.15, 0.2) is 5.96 Å². The maximum Gasteiger partial charge on any atom is 0.191 e. The van der Waals surface area contributed by atoms with E-state index in [1.807, 2.05) is 0 Å². The summed E-state index contributed by atoms with van der Waals surface area (Å²) in [6, 6.07) is 7.16. The van der Waals surface area contributed by atoms with Gasteiger partial charge in [0, 0.05) is 25.6 Å². The maximum absolute atomic E-state index is 6.17. The average molecular weight is 469 g/mol. The zero-order valence-electron chi connectivity index (χ0n) is 15.5. The van der Waals surface area contributed by atoms with Crippen molar-refractivity contribution < 1.29 is 4.74 Å². The molecular formula is C19H28IN5O. The van der Waals surface area contributed by atoms with E-state index in [-0.39, 0.29) is 30.1 Å². The highest BCUT2D eigenvalue weighted by molar-refractivity contribution is 14.0. The highest BCUT2D eigenvalue weighted by Gasteiger charge is 2.27. The number of guanidine groups is 1. The number of halogens is 1. The Morgan fingerprint density at radius 1 is 1.38 bits per heavy atom. The Morgan fingerprint density at radius 3 is 2.88 bits per heavy atom. The fraction of sp³-hybridized carbons (Fsp3) is 0.579. The third-order valence-corrected chi connectivity index (χ3v) is 5.04. The Hall–Kier alpha value is -1.35. The van der Waals surface area contributed by atoms with E-state index in [9.17, 15) is 0 Å². The van der Waals surface area contributed by atoms with E-state index in [1.54, 1.807) is 0 Å². The molecule has 1 aliphatic heterocycles. The van der Waals surface area contributed by atoms with Gasteiger partial charge in [-0.05, 0) is 37.5 Å². The van der Waals surface area contributed by atoms with Gasteiger partial charge in [-0.1, -0.05) is 13.0 Å². The molecule has 0 bridgehead atoms. The van der Waals surface area contributed by atoms with Gasteiger partial charge >= 0.3 is 0 Å². The van der Waals surface area contributed by atoms with Crippen molar-refractivity contribution in [3.63, 3.8) is 0 Å². The van der Waals surface area contributed by atoms with Crippen molar-refractivity contribution in [1.29, 1.82) is 0 Å². The number of ether oxygens (including phenoxy) is 1. The summed E-state index contributed by atoms with van der Waals surface area (Å²) in [5, 5.41) is 0. The summed E-state index contributed by atoms with van der Waals surface area (Å²) in [6.45, 7) is 7.15. The number of rotatable bonds is 4. The first-order valence-corrected chi connectivity index (χ1v) is 9.32. The van der Waals surface area contributed by atoms with Crippen molar-refractivity contribution in [3.8, 4) is 0 Å². The molecule has 26 heavy (non-hydrogen) atoms.